The highest BCUT2D eigenvalue weighted by molar-refractivity contribution is 6.21. The summed E-state index contributed by atoms with van der Waals surface area (Å²) < 4.78 is 41.9. The van der Waals surface area contributed by atoms with E-state index in [4.69, 9.17) is 4.98 Å². The Morgan fingerprint density at radius 1 is 0.649 bits per heavy atom. The Morgan fingerprint density at radius 3 is 1.81 bits per heavy atom. The molecule has 0 fully saturated rings. The number of fused-ring (bicyclic) bond motifs is 6. The molecule has 4 nitrogen and oxygen atoms in total. The monoisotopic (exact) mass is 496 g/mol. The van der Waals surface area contributed by atoms with Gasteiger partial charge in [0.1, 0.15) is 5.82 Å². The Hall–Kier alpha value is -4.26. The number of benzene rings is 3. The van der Waals surface area contributed by atoms with Gasteiger partial charge < -0.3 is 0 Å². The number of alkyl halides is 3. The van der Waals surface area contributed by atoms with E-state index in [2.05, 4.69) is 42.9 Å². The number of imidazole rings is 1. The van der Waals surface area contributed by atoms with Crippen molar-refractivity contribution in [3.63, 3.8) is 0 Å². The molecule has 0 spiro atoms. The summed E-state index contributed by atoms with van der Waals surface area (Å²) in [4.78, 5) is 14.2. The predicted molar refractivity (Wildman–Crippen MR) is 141 cm³/mol. The molecule has 0 radical (unpaired) electrons. The standard InChI is InChI=1S/C30H23F3N4/c1-29(2,3)19-12-14-21(15-13-19)37-27-23-7-5-17-35-25(23)24-22(6-4-16-34-24)26(27)36-28(37)18-8-10-20(11-9-18)30(31,32)33/h4-17H,1-3H3. The molecule has 3 aromatic carbocycles. The maximum absolute atomic E-state index is 13.3. The molecule has 3 heterocycles. The summed E-state index contributed by atoms with van der Waals surface area (Å²) in [7, 11) is 0. The number of aromatic nitrogens is 4. The Bertz CT molecular complexity index is 1780. The third kappa shape index (κ3) is 3.82. The molecule has 3 aromatic heterocycles. The molecule has 6 rings (SSSR count). The Kier molecular flexibility index (Phi) is 5.09. The molecular weight excluding hydrogens is 473 g/mol. The zero-order chi connectivity index (χ0) is 25.9. The van der Waals surface area contributed by atoms with Crippen LogP contribution in [0.4, 0.5) is 13.2 Å². The number of rotatable bonds is 2. The van der Waals surface area contributed by atoms with E-state index in [1.54, 1.807) is 12.4 Å². The van der Waals surface area contributed by atoms with Gasteiger partial charge in [-0.15, -0.1) is 0 Å². The summed E-state index contributed by atoms with van der Waals surface area (Å²) in [5.74, 6) is 0.550. The van der Waals surface area contributed by atoms with Crippen LogP contribution in [-0.2, 0) is 11.6 Å². The first kappa shape index (κ1) is 23.2. The quantitative estimate of drug-likeness (QED) is 0.228. The van der Waals surface area contributed by atoms with Gasteiger partial charge in [0.15, 0.2) is 0 Å². The van der Waals surface area contributed by atoms with Crippen molar-refractivity contribution in [3.8, 4) is 17.1 Å². The topological polar surface area (TPSA) is 43.6 Å². The van der Waals surface area contributed by atoms with E-state index < -0.39 is 11.7 Å². The van der Waals surface area contributed by atoms with Gasteiger partial charge in [-0.1, -0.05) is 45.0 Å². The van der Waals surface area contributed by atoms with E-state index in [0.717, 1.165) is 50.7 Å². The zero-order valence-electron chi connectivity index (χ0n) is 20.5. The van der Waals surface area contributed by atoms with Gasteiger partial charge in [0, 0.05) is 34.4 Å². The highest BCUT2D eigenvalue weighted by atomic mass is 19.4. The van der Waals surface area contributed by atoms with Crippen LogP contribution in [0.25, 0.3) is 49.9 Å². The van der Waals surface area contributed by atoms with E-state index in [9.17, 15) is 13.2 Å². The molecule has 0 aliphatic rings. The molecule has 37 heavy (non-hydrogen) atoms. The first-order chi connectivity index (χ1) is 17.6. The Labute approximate surface area is 211 Å². The Balaban J connectivity index is 1.72. The average Bonchev–Trinajstić information content (AvgIpc) is 3.29. The zero-order valence-corrected chi connectivity index (χ0v) is 20.5. The molecule has 0 N–H and O–H groups in total. The summed E-state index contributed by atoms with van der Waals surface area (Å²) in [6.45, 7) is 6.46. The van der Waals surface area contributed by atoms with Gasteiger partial charge in [-0.3, -0.25) is 14.5 Å². The minimum Gasteiger partial charge on any atom is -0.292 e. The van der Waals surface area contributed by atoms with Gasteiger partial charge in [-0.2, -0.15) is 13.2 Å². The summed E-state index contributed by atoms with van der Waals surface area (Å²) in [5, 5.41) is 1.70. The van der Waals surface area contributed by atoms with E-state index in [0.29, 0.717) is 11.4 Å². The van der Waals surface area contributed by atoms with E-state index in [1.165, 1.54) is 17.7 Å². The normalized spacial score (nSPS) is 12.6. The number of hydrogen-bond acceptors (Lipinski definition) is 3. The van der Waals surface area contributed by atoms with Gasteiger partial charge in [-0.25, -0.2) is 4.98 Å². The first-order valence-corrected chi connectivity index (χ1v) is 12.0. The highest BCUT2D eigenvalue weighted by Gasteiger charge is 2.30. The van der Waals surface area contributed by atoms with Gasteiger partial charge in [0.25, 0.3) is 0 Å². The van der Waals surface area contributed by atoms with E-state index in [-0.39, 0.29) is 5.41 Å². The molecule has 0 amide bonds. The molecular formula is C30H23F3N4. The van der Waals surface area contributed by atoms with Crippen molar-refractivity contribution in [3.05, 3.63) is 96.3 Å². The fourth-order valence-electron chi connectivity index (χ4n) is 4.79. The minimum absolute atomic E-state index is 0.0235. The maximum atomic E-state index is 13.3. The van der Waals surface area contributed by atoms with E-state index >= 15 is 0 Å². The second-order valence-corrected chi connectivity index (χ2v) is 10.1. The number of pyridine rings is 2. The van der Waals surface area contributed by atoms with Gasteiger partial charge in [0.2, 0.25) is 0 Å². The smallest absolute Gasteiger partial charge is 0.292 e. The Morgan fingerprint density at radius 2 is 1.22 bits per heavy atom. The molecule has 0 atom stereocenters. The molecule has 0 saturated carbocycles. The maximum Gasteiger partial charge on any atom is 0.416 e. The number of hydrogen-bond donors (Lipinski definition) is 0. The lowest BCUT2D eigenvalue weighted by molar-refractivity contribution is -0.137. The van der Waals surface area contributed by atoms with Gasteiger partial charge >= 0.3 is 6.18 Å². The van der Waals surface area contributed by atoms with Crippen LogP contribution in [0.5, 0.6) is 0 Å². The van der Waals surface area contributed by atoms with Crippen LogP contribution in [0.15, 0.2) is 85.2 Å². The van der Waals surface area contributed by atoms with Crippen molar-refractivity contribution in [1.29, 1.82) is 0 Å². The molecule has 0 saturated heterocycles. The molecule has 0 bridgehead atoms. The predicted octanol–water partition coefficient (Wildman–Crippen LogP) is 8.11. The number of nitrogens with zero attached hydrogens (tertiary/aromatic N) is 4. The fourth-order valence-corrected chi connectivity index (χ4v) is 4.79. The van der Waals surface area contributed by atoms with Crippen LogP contribution in [-0.4, -0.2) is 19.5 Å². The third-order valence-electron chi connectivity index (χ3n) is 6.69. The lowest BCUT2D eigenvalue weighted by Gasteiger charge is -2.20. The van der Waals surface area contributed by atoms with Crippen LogP contribution in [0.2, 0.25) is 0 Å². The first-order valence-electron chi connectivity index (χ1n) is 12.0. The second kappa shape index (κ2) is 8.13. The third-order valence-corrected chi connectivity index (χ3v) is 6.69. The molecule has 6 aromatic rings. The molecule has 7 heteroatoms. The molecule has 0 unspecified atom stereocenters. The van der Waals surface area contributed by atoms with Crippen molar-refractivity contribution in [1.82, 2.24) is 19.5 Å². The van der Waals surface area contributed by atoms with Crippen molar-refractivity contribution in [2.45, 2.75) is 32.4 Å². The van der Waals surface area contributed by atoms with Gasteiger partial charge in [0.05, 0.1) is 27.6 Å². The van der Waals surface area contributed by atoms with Crippen molar-refractivity contribution in [2.24, 2.45) is 0 Å². The summed E-state index contributed by atoms with van der Waals surface area (Å²) >= 11 is 0. The van der Waals surface area contributed by atoms with Crippen LogP contribution >= 0.6 is 0 Å². The van der Waals surface area contributed by atoms with Crippen molar-refractivity contribution in [2.75, 3.05) is 0 Å². The molecule has 184 valence electrons. The molecule has 0 aliphatic heterocycles. The average molecular weight is 497 g/mol. The summed E-state index contributed by atoms with van der Waals surface area (Å²) in [6, 6.07) is 21.0. The SMILES string of the molecule is CC(C)(C)c1ccc(-n2c(-c3ccc(C(F)(F)F)cc3)nc3c4cccnc4c4ncccc4c32)cc1. The van der Waals surface area contributed by atoms with Crippen LogP contribution in [0.1, 0.15) is 31.9 Å². The largest absolute Gasteiger partial charge is 0.416 e. The van der Waals surface area contributed by atoms with Crippen molar-refractivity contribution >= 4 is 32.8 Å². The fraction of sp³-hybridized carbons (Fsp3) is 0.167. The van der Waals surface area contributed by atoms with E-state index in [1.807, 2.05) is 41.0 Å². The highest BCUT2D eigenvalue weighted by Crippen LogP contribution is 2.39. The lowest BCUT2D eigenvalue weighted by Crippen LogP contribution is -2.11. The second-order valence-electron chi connectivity index (χ2n) is 10.1. The number of halogens is 3. The summed E-state index contributed by atoms with van der Waals surface area (Å²) in [5.41, 5.74) is 4.94. The van der Waals surface area contributed by atoms with Crippen LogP contribution in [0, 0.1) is 0 Å². The minimum atomic E-state index is -4.41. The lowest BCUT2D eigenvalue weighted by atomic mass is 9.87. The summed E-state index contributed by atoms with van der Waals surface area (Å²) in [6.07, 6.45) is -0.954. The van der Waals surface area contributed by atoms with Crippen LogP contribution < -0.4 is 0 Å². The van der Waals surface area contributed by atoms with Gasteiger partial charge in [-0.05, 0) is 59.5 Å². The van der Waals surface area contributed by atoms with Crippen LogP contribution in [0.3, 0.4) is 0 Å². The van der Waals surface area contributed by atoms with Crippen molar-refractivity contribution < 1.29 is 13.2 Å². The molecule has 0 aliphatic carbocycles.